The summed E-state index contributed by atoms with van der Waals surface area (Å²) in [5.74, 6) is 1.36. The van der Waals surface area contributed by atoms with Gasteiger partial charge in [-0.15, -0.1) is 11.3 Å². The average molecular weight is 576 g/mol. The number of thiophene rings is 1. The monoisotopic (exact) mass is 575 g/mol. The summed E-state index contributed by atoms with van der Waals surface area (Å²) in [7, 11) is 0. The number of halogens is 1. The van der Waals surface area contributed by atoms with Crippen molar-refractivity contribution in [3.05, 3.63) is 76.4 Å². The van der Waals surface area contributed by atoms with Crippen LogP contribution in [0.25, 0.3) is 10.2 Å². The third-order valence-corrected chi connectivity index (χ3v) is 8.63. The Balaban J connectivity index is 1.13. The molecule has 4 aromatic rings. The zero-order valence-electron chi connectivity index (χ0n) is 22.1. The molecule has 0 radical (unpaired) electrons. The number of fused-ring (bicyclic) bond motifs is 3. The Morgan fingerprint density at radius 3 is 2.85 bits per heavy atom. The number of benzene rings is 1. The second-order valence-corrected chi connectivity index (χ2v) is 11.4. The van der Waals surface area contributed by atoms with E-state index in [1.165, 1.54) is 24.8 Å². The van der Waals surface area contributed by atoms with Gasteiger partial charge in [0.25, 0.3) is 0 Å². The predicted molar refractivity (Wildman–Crippen MR) is 157 cm³/mol. The van der Waals surface area contributed by atoms with Crippen molar-refractivity contribution in [2.24, 2.45) is 0 Å². The minimum absolute atomic E-state index is 0.0702. The van der Waals surface area contributed by atoms with Crippen LogP contribution in [0.15, 0.2) is 55.3 Å². The number of carbonyl (C=O) groups excluding carboxylic acids is 1. The van der Waals surface area contributed by atoms with Crippen molar-refractivity contribution in [1.29, 1.82) is 0 Å². The molecule has 1 fully saturated rings. The van der Waals surface area contributed by atoms with Crippen molar-refractivity contribution >= 4 is 50.6 Å². The molecule has 0 saturated carbocycles. The Labute approximate surface area is 241 Å². The molecule has 6 rings (SSSR count). The third kappa shape index (κ3) is 6.09. The normalized spacial score (nSPS) is 15.9. The van der Waals surface area contributed by atoms with E-state index < -0.39 is 0 Å². The summed E-state index contributed by atoms with van der Waals surface area (Å²) in [6.07, 6.45) is 14.8. The quantitative estimate of drug-likeness (QED) is 0.280. The number of nitrogens with zero attached hydrogens (tertiary/aromatic N) is 6. The second-order valence-electron chi connectivity index (χ2n) is 9.94. The van der Waals surface area contributed by atoms with Gasteiger partial charge < -0.3 is 15.0 Å². The lowest BCUT2D eigenvalue weighted by atomic mass is 10.0. The molecule has 11 heteroatoms. The number of anilines is 2. The van der Waals surface area contributed by atoms with Crippen LogP contribution in [0.1, 0.15) is 35.4 Å². The molecule has 2 aliphatic heterocycles. The lowest BCUT2D eigenvalue weighted by molar-refractivity contribution is -0.126. The van der Waals surface area contributed by atoms with Gasteiger partial charge in [-0.25, -0.2) is 9.97 Å². The number of piperidine rings is 1. The maximum atomic E-state index is 12.9. The number of hydrogen-bond donors (Lipinski definition) is 1. The molecule has 0 aliphatic carbocycles. The summed E-state index contributed by atoms with van der Waals surface area (Å²) in [5, 5.41) is 4.90. The average Bonchev–Trinajstić information content (AvgIpc) is 3.37. The van der Waals surface area contributed by atoms with Crippen molar-refractivity contribution < 1.29 is 9.53 Å². The maximum absolute atomic E-state index is 12.9. The van der Waals surface area contributed by atoms with E-state index in [4.69, 9.17) is 16.3 Å². The smallest absolute Gasteiger partial charge is 0.246 e. The van der Waals surface area contributed by atoms with Gasteiger partial charge >= 0.3 is 0 Å². The number of carbonyl (C=O) groups is 1. The Morgan fingerprint density at radius 2 is 2.02 bits per heavy atom. The van der Waals surface area contributed by atoms with Crippen molar-refractivity contribution in [1.82, 2.24) is 29.7 Å². The fourth-order valence-electron chi connectivity index (χ4n) is 5.15. The highest BCUT2D eigenvalue weighted by Gasteiger charge is 2.25. The Kier molecular flexibility index (Phi) is 8.17. The van der Waals surface area contributed by atoms with Crippen molar-refractivity contribution in [3.8, 4) is 5.75 Å². The molecule has 5 heterocycles. The maximum Gasteiger partial charge on any atom is 0.246 e. The summed E-state index contributed by atoms with van der Waals surface area (Å²) in [6.45, 7) is 4.63. The number of amides is 1. The first-order chi connectivity index (χ1) is 19.6. The van der Waals surface area contributed by atoms with Gasteiger partial charge in [-0.05, 0) is 56.1 Å². The molecule has 3 aromatic heterocycles. The van der Waals surface area contributed by atoms with E-state index in [1.807, 2.05) is 29.2 Å². The molecule has 1 amide bonds. The summed E-state index contributed by atoms with van der Waals surface area (Å²) < 4.78 is 5.82. The van der Waals surface area contributed by atoms with Gasteiger partial charge in [-0.1, -0.05) is 24.1 Å². The van der Waals surface area contributed by atoms with Crippen molar-refractivity contribution in [2.45, 2.75) is 38.8 Å². The molecule has 2 aliphatic rings. The summed E-state index contributed by atoms with van der Waals surface area (Å²) in [5.41, 5.74) is 2.72. The molecular formula is C29H30ClN7O2S. The van der Waals surface area contributed by atoms with Gasteiger partial charge in [0.2, 0.25) is 5.91 Å². The molecule has 9 nitrogen and oxygen atoms in total. The molecule has 0 atom stereocenters. The van der Waals surface area contributed by atoms with Crippen molar-refractivity contribution in [3.63, 3.8) is 0 Å². The number of hydrogen-bond acceptors (Lipinski definition) is 9. The summed E-state index contributed by atoms with van der Waals surface area (Å²) in [6, 6.07) is 5.54. The van der Waals surface area contributed by atoms with Crippen molar-refractivity contribution in [2.75, 3.05) is 31.5 Å². The Hall–Kier alpha value is -3.60. The highest BCUT2D eigenvalue weighted by Crippen LogP contribution is 2.38. The van der Waals surface area contributed by atoms with Crippen LogP contribution in [0.2, 0.25) is 5.02 Å². The standard InChI is InChI=1S/C29H30ClN7O2S/c30-23-15-20(6-7-24(23)39-18-21-16-31-9-10-32-21)35-28-27-22-8-14-37(17-25(22)40-29(27)34-19-33-28)26(38)5-4-13-36-11-2-1-3-12-36/h4-7,9-10,15-16,19H,1-3,8,11-14,17-18H2,(H,33,34,35). The molecule has 0 unspecified atom stereocenters. The number of likely N-dealkylation sites (tertiary alicyclic amines) is 1. The SMILES string of the molecule is O=C(C=CCN1CCCCC1)N1CCc2c(sc3ncnc(Nc4ccc(OCc5cnccn5)c(Cl)c4)c23)C1. The van der Waals surface area contributed by atoms with E-state index in [0.717, 1.165) is 58.3 Å². The fraction of sp³-hybridized carbons (Fsp3) is 0.345. The Morgan fingerprint density at radius 1 is 1.12 bits per heavy atom. The first-order valence-electron chi connectivity index (χ1n) is 13.5. The topological polar surface area (TPSA) is 96.4 Å². The molecular weight excluding hydrogens is 546 g/mol. The lowest BCUT2D eigenvalue weighted by Gasteiger charge is -2.27. The van der Waals surface area contributed by atoms with Crippen LogP contribution < -0.4 is 10.1 Å². The van der Waals surface area contributed by atoms with E-state index in [-0.39, 0.29) is 12.5 Å². The lowest BCUT2D eigenvalue weighted by Crippen LogP contribution is -2.34. The van der Waals surface area contributed by atoms with E-state index in [1.54, 1.807) is 42.3 Å². The van der Waals surface area contributed by atoms with Crippen LogP contribution in [-0.4, -0.2) is 61.8 Å². The first kappa shape index (κ1) is 26.6. The minimum Gasteiger partial charge on any atom is -0.486 e. The molecule has 40 heavy (non-hydrogen) atoms. The second kappa shape index (κ2) is 12.3. The molecule has 0 bridgehead atoms. The van der Waals surface area contributed by atoms with Gasteiger partial charge in [0.1, 0.15) is 29.3 Å². The first-order valence-corrected chi connectivity index (χ1v) is 14.7. The van der Waals surface area contributed by atoms with Crippen LogP contribution in [0.4, 0.5) is 11.5 Å². The van der Waals surface area contributed by atoms with Gasteiger partial charge in [0, 0.05) is 42.1 Å². The molecule has 0 spiro atoms. The van der Waals surface area contributed by atoms with E-state index in [2.05, 4.69) is 30.2 Å². The van der Waals surface area contributed by atoms with Gasteiger partial charge in [-0.2, -0.15) is 0 Å². The summed E-state index contributed by atoms with van der Waals surface area (Å²) in [4.78, 5) is 36.7. The van der Waals surface area contributed by atoms with Gasteiger partial charge in [0.05, 0.1) is 28.8 Å². The molecule has 1 N–H and O–H groups in total. The molecule has 1 saturated heterocycles. The zero-order chi connectivity index (χ0) is 27.3. The van der Waals surface area contributed by atoms with Gasteiger partial charge in [0.15, 0.2) is 0 Å². The fourth-order valence-corrected chi connectivity index (χ4v) is 6.59. The van der Waals surface area contributed by atoms with E-state index in [9.17, 15) is 4.79 Å². The zero-order valence-corrected chi connectivity index (χ0v) is 23.6. The highest BCUT2D eigenvalue weighted by molar-refractivity contribution is 7.19. The Bertz CT molecular complexity index is 1520. The van der Waals surface area contributed by atoms with E-state index >= 15 is 0 Å². The van der Waals surface area contributed by atoms with Crippen LogP contribution >= 0.6 is 22.9 Å². The minimum atomic E-state index is 0.0702. The molecule has 206 valence electrons. The molecule has 1 aromatic carbocycles. The predicted octanol–water partition coefficient (Wildman–Crippen LogP) is 5.38. The number of ether oxygens (including phenoxy) is 1. The van der Waals surface area contributed by atoms with Crippen LogP contribution in [-0.2, 0) is 24.4 Å². The van der Waals surface area contributed by atoms with Crippen LogP contribution in [0.3, 0.4) is 0 Å². The van der Waals surface area contributed by atoms with Crippen LogP contribution in [0.5, 0.6) is 5.75 Å². The number of aromatic nitrogens is 4. The largest absolute Gasteiger partial charge is 0.486 e. The number of nitrogens with one attached hydrogen (secondary N) is 1. The van der Waals surface area contributed by atoms with E-state index in [0.29, 0.717) is 23.9 Å². The summed E-state index contributed by atoms with van der Waals surface area (Å²) >= 11 is 8.15. The van der Waals surface area contributed by atoms with Gasteiger partial charge in [-0.3, -0.25) is 19.7 Å². The third-order valence-electron chi connectivity index (χ3n) is 7.21. The highest BCUT2D eigenvalue weighted by atomic mass is 35.5. The van der Waals surface area contributed by atoms with Crippen LogP contribution in [0, 0.1) is 0 Å². The number of rotatable bonds is 8.